The smallest absolute Gasteiger partial charge is 0.259 e. The van der Waals surface area contributed by atoms with Gasteiger partial charge in [-0.05, 0) is 49.1 Å². The maximum atomic E-state index is 13.4. The number of halogens is 1. The fourth-order valence-electron chi connectivity index (χ4n) is 4.63. The van der Waals surface area contributed by atoms with Gasteiger partial charge in [-0.25, -0.2) is 9.89 Å². The van der Waals surface area contributed by atoms with E-state index in [0.717, 1.165) is 29.7 Å². The summed E-state index contributed by atoms with van der Waals surface area (Å²) in [6.07, 6.45) is 6.38. The zero-order chi connectivity index (χ0) is 23.5. The fraction of sp³-hybridized carbons (Fsp3) is 0.385. The summed E-state index contributed by atoms with van der Waals surface area (Å²) in [6.45, 7) is 0. The number of hydrogen-bond donors (Lipinski definition) is 1. The second-order valence-electron chi connectivity index (χ2n) is 8.91. The number of thioether (sulfide) groups is 1. The summed E-state index contributed by atoms with van der Waals surface area (Å²) in [6, 6.07) is 15.1. The molecule has 6 nitrogen and oxygen atoms in total. The van der Waals surface area contributed by atoms with E-state index in [0.29, 0.717) is 34.6 Å². The van der Waals surface area contributed by atoms with E-state index in [9.17, 15) is 9.59 Å². The van der Waals surface area contributed by atoms with Gasteiger partial charge in [0.05, 0.1) is 5.69 Å². The number of nitrogens with zero attached hydrogens (tertiary/aromatic N) is 3. The van der Waals surface area contributed by atoms with E-state index in [1.54, 1.807) is 4.90 Å². The number of amides is 2. The van der Waals surface area contributed by atoms with Crippen LogP contribution in [0.15, 0.2) is 58.5 Å². The molecule has 2 aromatic carbocycles. The zero-order valence-corrected chi connectivity index (χ0v) is 20.4. The number of rotatable bonds is 6. The predicted molar refractivity (Wildman–Crippen MR) is 138 cm³/mol. The normalized spacial score (nSPS) is 19.9. The lowest BCUT2D eigenvalue weighted by molar-refractivity contribution is -0.125. The highest BCUT2D eigenvalue weighted by Crippen LogP contribution is 2.35. The Morgan fingerprint density at radius 3 is 2.65 bits per heavy atom. The molecule has 3 aliphatic rings. The first-order valence-corrected chi connectivity index (χ1v) is 13.2. The Labute approximate surface area is 208 Å². The lowest BCUT2D eigenvalue weighted by Gasteiger charge is -2.25. The Kier molecular flexibility index (Phi) is 7.02. The van der Waals surface area contributed by atoms with E-state index in [4.69, 9.17) is 21.6 Å². The van der Waals surface area contributed by atoms with Gasteiger partial charge in [-0.2, -0.15) is 0 Å². The van der Waals surface area contributed by atoms with E-state index in [1.165, 1.54) is 31.0 Å². The second-order valence-corrected chi connectivity index (χ2v) is 10.3. The molecule has 0 bridgehead atoms. The molecule has 1 saturated carbocycles. The highest BCUT2D eigenvalue weighted by molar-refractivity contribution is 8.13. The molecule has 0 aromatic heterocycles. The van der Waals surface area contributed by atoms with Crippen LogP contribution in [0.25, 0.3) is 0 Å². The standard InChI is InChI=1S/C26H27ClN4O2S/c27-18-12-10-17(11-13-18)16-34-26-30-21-9-5-4-8-20(21)24-29-22(25(33)31(24)26)14-15-23(32)28-19-6-2-1-3-7-19/h4-5,8-13,19,22H,1-3,6-7,14-16H2,(H,28,32)/t22-/m1/s1. The number of para-hydroxylation sites is 1. The quantitative estimate of drug-likeness (QED) is 0.579. The minimum Gasteiger partial charge on any atom is -0.353 e. The number of fused-ring (bicyclic) bond motifs is 3. The molecule has 2 aromatic rings. The Hall–Kier alpha value is -2.64. The molecule has 0 saturated heterocycles. The van der Waals surface area contributed by atoms with E-state index in [1.807, 2.05) is 48.5 Å². The largest absolute Gasteiger partial charge is 0.353 e. The van der Waals surface area contributed by atoms with Crippen molar-refractivity contribution < 1.29 is 9.59 Å². The molecular weight excluding hydrogens is 468 g/mol. The van der Waals surface area contributed by atoms with Crippen LogP contribution < -0.4 is 5.32 Å². The third kappa shape index (κ3) is 5.05. The minimum absolute atomic E-state index is 0.0103. The van der Waals surface area contributed by atoms with Crippen LogP contribution in [0.4, 0.5) is 5.69 Å². The summed E-state index contributed by atoms with van der Waals surface area (Å²) in [4.78, 5) is 37.1. The molecule has 0 spiro atoms. The number of amidine groups is 2. The van der Waals surface area contributed by atoms with Crippen molar-refractivity contribution in [2.75, 3.05) is 0 Å². The third-order valence-corrected chi connectivity index (χ3v) is 7.71. The highest BCUT2D eigenvalue weighted by Gasteiger charge is 2.41. The number of hydrogen-bond acceptors (Lipinski definition) is 5. The van der Waals surface area contributed by atoms with E-state index in [2.05, 4.69) is 5.32 Å². The molecule has 0 radical (unpaired) electrons. The molecule has 1 N–H and O–H groups in total. The fourth-order valence-corrected chi connectivity index (χ4v) is 5.71. The van der Waals surface area contributed by atoms with Crippen molar-refractivity contribution in [1.29, 1.82) is 0 Å². The van der Waals surface area contributed by atoms with Crippen LogP contribution in [0, 0.1) is 0 Å². The van der Waals surface area contributed by atoms with Crippen molar-refractivity contribution in [3.63, 3.8) is 0 Å². The van der Waals surface area contributed by atoms with E-state index in [-0.39, 0.29) is 17.9 Å². The summed E-state index contributed by atoms with van der Waals surface area (Å²) in [7, 11) is 0. The van der Waals surface area contributed by atoms with E-state index < -0.39 is 6.04 Å². The molecule has 176 valence electrons. The number of carbonyl (C=O) groups is 2. The molecule has 34 heavy (non-hydrogen) atoms. The first kappa shape index (κ1) is 23.1. The average molecular weight is 495 g/mol. The van der Waals surface area contributed by atoms with Gasteiger partial charge in [-0.1, -0.05) is 66.9 Å². The molecule has 5 rings (SSSR count). The van der Waals surface area contributed by atoms with Gasteiger partial charge in [0.25, 0.3) is 5.91 Å². The third-order valence-electron chi connectivity index (χ3n) is 6.44. The van der Waals surface area contributed by atoms with Crippen LogP contribution in [0.1, 0.15) is 56.1 Å². The van der Waals surface area contributed by atoms with Crippen LogP contribution in [-0.2, 0) is 15.3 Å². The molecule has 1 atom stereocenters. The summed E-state index contributed by atoms with van der Waals surface area (Å²) < 4.78 is 0. The van der Waals surface area contributed by atoms with Crippen LogP contribution in [0.5, 0.6) is 0 Å². The lowest BCUT2D eigenvalue weighted by Crippen LogP contribution is -2.41. The van der Waals surface area contributed by atoms with Crippen molar-refractivity contribution in [1.82, 2.24) is 10.2 Å². The molecule has 0 unspecified atom stereocenters. The second kappa shape index (κ2) is 10.3. The van der Waals surface area contributed by atoms with Crippen LogP contribution >= 0.6 is 23.4 Å². The first-order valence-electron chi connectivity index (χ1n) is 11.8. The van der Waals surface area contributed by atoms with Crippen molar-refractivity contribution in [2.24, 2.45) is 9.98 Å². The number of carbonyl (C=O) groups excluding carboxylic acids is 2. The lowest BCUT2D eigenvalue weighted by atomic mass is 9.95. The Morgan fingerprint density at radius 1 is 1.09 bits per heavy atom. The van der Waals surface area contributed by atoms with Crippen molar-refractivity contribution >= 4 is 51.9 Å². The van der Waals surface area contributed by atoms with Crippen molar-refractivity contribution in [3.05, 3.63) is 64.7 Å². The number of aliphatic imine (C=N–C) groups is 2. The summed E-state index contributed by atoms with van der Waals surface area (Å²) in [5.41, 5.74) is 2.75. The molecule has 2 amide bonds. The molecule has 1 aliphatic carbocycles. The van der Waals surface area contributed by atoms with Gasteiger partial charge in [0.15, 0.2) is 5.17 Å². The van der Waals surface area contributed by atoms with Crippen molar-refractivity contribution in [2.45, 2.75) is 62.8 Å². The van der Waals surface area contributed by atoms with Gasteiger partial charge in [-0.15, -0.1) is 0 Å². The zero-order valence-electron chi connectivity index (χ0n) is 18.9. The molecule has 1 fully saturated rings. The predicted octanol–water partition coefficient (Wildman–Crippen LogP) is 5.46. The van der Waals surface area contributed by atoms with E-state index >= 15 is 0 Å². The summed E-state index contributed by atoms with van der Waals surface area (Å²) in [5, 5.41) is 4.45. The van der Waals surface area contributed by atoms with Crippen LogP contribution in [0.2, 0.25) is 5.02 Å². The molecular formula is C26H27ClN4O2S. The maximum Gasteiger partial charge on any atom is 0.259 e. The van der Waals surface area contributed by atoms with Gasteiger partial charge < -0.3 is 5.32 Å². The van der Waals surface area contributed by atoms with Gasteiger partial charge in [0, 0.05) is 28.8 Å². The van der Waals surface area contributed by atoms with Gasteiger partial charge in [-0.3, -0.25) is 14.6 Å². The van der Waals surface area contributed by atoms with Crippen LogP contribution in [0.3, 0.4) is 0 Å². The minimum atomic E-state index is -0.570. The Morgan fingerprint density at radius 2 is 1.85 bits per heavy atom. The average Bonchev–Trinajstić information content (AvgIpc) is 3.19. The first-order chi connectivity index (χ1) is 16.6. The Bertz CT molecular complexity index is 1140. The monoisotopic (exact) mass is 494 g/mol. The van der Waals surface area contributed by atoms with Gasteiger partial charge >= 0.3 is 0 Å². The number of benzene rings is 2. The maximum absolute atomic E-state index is 13.4. The molecule has 2 heterocycles. The number of nitrogens with one attached hydrogen (secondary N) is 1. The van der Waals surface area contributed by atoms with Gasteiger partial charge in [0.1, 0.15) is 11.9 Å². The SMILES string of the molecule is O=C(CC[C@H]1N=C2c3ccccc3N=C(SCc3ccc(Cl)cc3)N2C1=O)NC1CCCCC1. The van der Waals surface area contributed by atoms with Gasteiger partial charge in [0.2, 0.25) is 5.91 Å². The molecule has 8 heteroatoms. The highest BCUT2D eigenvalue weighted by atomic mass is 35.5. The summed E-state index contributed by atoms with van der Waals surface area (Å²) in [5.74, 6) is 1.18. The molecule has 2 aliphatic heterocycles. The summed E-state index contributed by atoms with van der Waals surface area (Å²) >= 11 is 7.51. The Balaban J connectivity index is 1.29. The van der Waals surface area contributed by atoms with Crippen molar-refractivity contribution in [3.8, 4) is 0 Å². The van der Waals surface area contributed by atoms with Crippen LogP contribution in [-0.4, -0.2) is 39.8 Å². The topological polar surface area (TPSA) is 74.1 Å².